The van der Waals surface area contributed by atoms with Crippen molar-refractivity contribution in [3.63, 3.8) is 0 Å². The highest BCUT2D eigenvalue weighted by molar-refractivity contribution is 7.98. The Kier molecular flexibility index (Phi) is 5.86. The number of aromatic nitrogens is 4. The Bertz CT molecular complexity index is 1520. The lowest BCUT2D eigenvalue weighted by Gasteiger charge is -2.14. The van der Waals surface area contributed by atoms with E-state index in [1.54, 1.807) is 35.2 Å². The van der Waals surface area contributed by atoms with Gasteiger partial charge in [-0.1, -0.05) is 42.1 Å². The first-order chi connectivity index (χ1) is 16.1. The number of fused-ring (bicyclic) bond motifs is 3. The molecule has 166 valence electrons. The molecule has 5 aromatic rings. The van der Waals surface area contributed by atoms with Crippen LogP contribution in [0.25, 0.3) is 22.4 Å². The van der Waals surface area contributed by atoms with E-state index in [2.05, 4.69) is 40.7 Å². The highest BCUT2D eigenvalue weighted by atomic mass is 32.2. The van der Waals surface area contributed by atoms with Gasteiger partial charge in [-0.05, 0) is 60.7 Å². The second-order valence-electron chi connectivity index (χ2n) is 7.59. The van der Waals surface area contributed by atoms with E-state index in [-0.39, 0.29) is 5.56 Å². The molecule has 0 amide bonds. The summed E-state index contributed by atoms with van der Waals surface area (Å²) in [5, 5.41) is 10.2. The van der Waals surface area contributed by atoms with E-state index in [9.17, 15) is 4.79 Å². The maximum atomic E-state index is 13.6. The minimum Gasteiger partial charge on any atom is -0.495 e. The Morgan fingerprint density at radius 2 is 1.79 bits per heavy atom. The summed E-state index contributed by atoms with van der Waals surface area (Å²) in [7, 11) is 1.60. The molecule has 0 radical (unpaired) electrons. The van der Waals surface area contributed by atoms with Crippen LogP contribution in [0.15, 0.2) is 81.6 Å². The molecule has 0 aliphatic heterocycles. The number of thioether (sulfide) groups is 2. The predicted octanol–water partition coefficient (Wildman–Crippen LogP) is 5.36. The van der Waals surface area contributed by atoms with Crippen molar-refractivity contribution in [2.24, 2.45) is 0 Å². The Morgan fingerprint density at radius 1 is 1.00 bits per heavy atom. The number of benzene rings is 3. The van der Waals surface area contributed by atoms with Gasteiger partial charge in [-0.25, -0.2) is 4.57 Å². The summed E-state index contributed by atoms with van der Waals surface area (Å²) in [6.45, 7) is 1.99. The van der Waals surface area contributed by atoms with E-state index in [0.717, 1.165) is 22.0 Å². The highest BCUT2D eigenvalue weighted by Gasteiger charge is 2.20. The fraction of sp³-hybridized carbons (Fsp3) is 0.160. The molecule has 0 N–H and O–H groups in total. The average Bonchev–Trinajstić information content (AvgIpc) is 3.27. The van der Waals surface area contributed by atoms with Crippen LogP contribution in [0, 0.1) is 6.92 Å². The molecular formula is C25H22N4O2S2. The molecule has 0 spiro atoms. The van der Waals surface area contributed by atoms with Crippen LogP contribution < -0.4 is 10.3 Å². The maximum absolute atomic E-state index is 13.6. The number of rotatable bonds is 6. The van der Waals surface area contributed by atoms with Crippen molar-refractivity contribution in [1.82, 2.24) is 19.2 Å². The molecule has 0 bridgehead atoms. The van der Waals surface area contributed by atoms with Gasteiger partial charge in [-0.2, -0.15) is 0 Å². The zero-order chi connectivity index (χ0) is 22.9. The normalized spacial score (nSPS) is 11.4. The second kappa shape index (κ2) is 8.96. The summed E-state index contributed by atoms with van der Waals surface area (Å²) < 4.78 is 9.13. The Hall–Kier alpha value is -3.23. The molecule has 0 saturated carbocycles. The van der Waals surface area contributed by atoms with Gasteiger partial charge in [0.1, 0.15) is 5.75 Å². The zero-order valence-electron chi connectivity index (χ0n) is 18.5. The number of methoxy groups -OCH3 is 1. The third kappa shape index (κ3) is 3.89. The lowest BCUT2D eigenvalue weighted by atomic mass is 10.2. The van der Waals surface area contributed by atoms with E-state index in [1.165, 1.54) is 10.5 Å². The molecule has 8 heteroatoms. The van der Waals surface area contributed by atoms with Crippen LogP contribution in [0.4, 0.5) is 0 Å². The number of nitrogens with zero attached hydrogens (tertiary/aromatic N) is 4. The van der Waals surface area contributed by atoms with Gasteiger partial charge in [0.25, 0.3) is 5.56 Å². The fourth-order valence-corrected chi connectivity index (χ4v) is 5.14. The third-order valence-electron chi connectivity index (χ3n) is 5.50. The Balaban J connectivity index is 1.69. The van der Waals surface area contributed by atoms with Gasteiger partial charge >= 0.3 is 0 Å². The first kappa shape index (κ1) is 21.6. The van der Waals surface area contributed by atoms with E-state index in [4.69, 9.17) is 4.74 Å². The fourth-order valence-electron chi connectivity index (χ4n) is 3.83. The van der Waals surface area contributed by atoms with Gasteiger partial charge < -0.3 is 4.74 Å². The molecule has 0 aliphatic carbocycles. The van der Waals surface area contributed by atoms with E-state index >= 15 is 0 Å². The Labute approximate surface area is 199 Å². The summed E-state index contributed by atoms with van der Waals surface area (Å²) in [6, 6.07) is 21.8. The van der Waals surface area contributed by atoms with E-state index < -0.39 is 0 Å². The molecule has 0 fully saturated rings. The van der Waals surface area contributed by atoms with Crippen molar-refractivity contribution in [2.45, 2.75) is 22.7 Å². The lowest BCUT2D eigenvalue weighted by molar-refractivity contribution is 0.412. The molecule has 2 aromatic heterocycles. The van der Waals surface area contributed by atoms with Gasteiger partial charge in [-0.3, -0.25) is 9.20 Å². The van der Waals surface area contributed by atoms with Gasteiger partial charge in [-0.15, -0.1) is 22.0 Å². The average molecular weight is 475 g/mol. The predicted molar refractivity (Wildman–Crippen MR) is 135 cm³/mol. The van der Waals surface area contributed by atoms with Crippen molar-refractivity contribution in [3.8, 4) is 11.4 Å². The molecule has 3 aromatic carbocycles. The highest BCUT2D eigenvalue weighted by Crippen LogP contribution is 2.29. The molecule has 33 heavy (non-hydrogen) atoms. The first-order valence-electron chi connectivity index (χ1n) is 10.4. The lowest BCUT2D eigenvalue weighted by Crippen LogP contribution is -2.22. The second-order valence-corrected chi connectivity index (χ2v) is 9.41. The summed E-state index contributed by atoms with van der Waals surface area (Å²) in [5.41, 5.74) is 3.50. The standard InChI is InChI=1S/C25H22N4O2S2/c1-16-8-13-22(31-2)21(14-16)28-23(30)19-6-4-5-7-20(19)29-24(28)26-27-25(29)33-15-17-9-11-18(32-3)12-10-17/h4-14H,15H2,1-3H3. The third-order valence-corrected chi connectivity index (χ3v) is 7.24. The van der Waals surface area contributed by atoms with Gasteiger partial charge in [0, 0.05) is 10.6 Å². The number of para-hydroxylation sites is 1. The summed E-state index contributed by atoms with van der Waals surface area (Å²) in [6.07, 6.45) is 2.07. The SMILES string of the molecule is COc1ccc(C)cc1-n1c(=O)c2ccccc2n2c(SCc3ccc(SC)cc3)nnc12. The van der Waals surface area contributed by atoms with Crippen LogP contribution in [0.1, 0.15) is 11.1 Å². The van der Waals surface area contributed by atoms with Crippen LogP contribution in [0.5, 0.6) is 5.75 Å². The summed E-state index contributed by atoms with van der Waals surface area (Å²) >= 11 is 3.32. The quantitative estimate of drug-likeness (QED) is 0.309. The smallest absolute Gasteiger partial charge is 0.267 e. The number of hydrogen-bond donors (Lipinski definition) is 0. The molecule has 5 rings (SSSR count). The van der Waals surface area contributed by atoms with E-state index in [1.807, 2.05) is 53.8 Å². The topological polar surface area (TPSA) is 61.4 Å². The molecule has 2 heterocycles. The van der Waals surface area contributed by atoms with Gasteiger partial charge in [0.2, 0.25) is 5.78 Å². The van der Waals surface area contributed by atoms with Crippen molar-refractivity contribution in [2.75, 3.05) is 13.4 Å². The minimum absolute atomic E-state index is 0.154. The minimum atomic E-state index is -0.154. The summed E-state index contributed by atoms with van der Waals surface area (Å²) in [5.74, 6) is 1.81. The molecule has 0 atom stereocenters. The van der Waals surface area contributed by atoms with Crippen molar-refractivity contribution in [3.05, 3.63) is 88.2 Å². The largest absolute Gasteiger partial charge is 0.495 e. The molecular weight excluding hydrogens is 452 g/mol. The zero-order valence-corrected chi connectivity index (χ0v) is 20.1. The monoisotopic (exact) mass is 474 g/mol. The molecule has 0 unspecified atom stereocenters. The first-order valence-corrected chi connectivity index (χ1v) is 12.6. The number of hydrogen-bond acceptors (Lipinski definition) is 6. The number of ether oxygens (including phenoxy) is 1. The van der Waals surface area contributed by atoms with E-state index in [0.29, 0.717) is 22.6 Å². The van der Waals surface area contributed by atoms with Crippen LogP contribution in [0.2, 0.25) is 0 Å². The van der Waals surface area contributed by atoms with Gasteiger partial charge in [0.15, 0.2) is 5.16 Å². The van der Waals surface area contributed by atoms with Crippen LogP contribution in [-0.2, 0) is 5.75 Å². The van der Waals surface area contributed by atoms with Crippen molar-refractivity contribution in [1.29, 1.82) is 0 Å². The molecule has 0 aliphatic rings. The number of aryl methyl sites for hydroxylation is 1. The molecule has 0 saturated heterocycles. The summed E-state index contributed by atoms with van der Waals surface area (Å²) in [4.78, 5) is 14.8. The van der Waals surface area contributed by atoms with Crippen LogP contribution in [0.3, 0.4) is 0 Å². The van der Waals surface area contributed by atoms with Crippen LogP contribution in [-0.4, -0.2) is 32.5 Å². The van der Waals surface area contributed by atoms with Crippen molar-refractivity contribution >= 4 is 40.2 Å². The van der Waals surface area contributed by atoms with Crippen molar-refractivity contribution < 1.29 is 4.74 Å². The molecule has 6 nitrogen and oxygen atoms in total. The van der Waals surface area contributed by atoms with Crippen LogP contribution >= 0.6 is 23.5 Å². The Morgan fingerprint density at radius 3 is 2.55 bits per heavy atom. The maximum Gasteiger partial charge on any atom is 0.267 e. The van der Waals surface area contributed by atoms with Gasteiger partial charge in [0.05, 0.1) is 23.7 Å².